The van der Waals surface area contributed by atoms with Crippen LogP contribution >= 0.6 is 11.8 Å². The second kappa shape index (κ2) is 6.80. The molecule has 0 heterocycles. The van der Waals surface area contributed by atoms with Gasteiger partial charge in [-0.15, -0.1) is 0 Å². The predicted octanol–water partition coefficient (Wildman–Crippen LogP) is 3.07. The predicted molar refractivity (Wildman–Crippen MR) is 79.8 cm³/mol. The highest BCUT2D eigenvalue weighted by Crippen LogP contribution is 2.26. The Morgan fingerprint density at radius 1 is 1.22 bits per heavy atom. The van der Waals surface area contributed by atoms with Gasteiger partial charge in [-0.05, 0) is 44.6 Å². The van der Waals surface area contributed by atoms with Crippen LogP contribution in [0, 0.1) is 10.8 Å². The van der Waals surface area contributed by atoms with Crippen LogP contribution in [-0.2, 0) is 9.53 Å². The topological polar surface area (TPSA) is 52.3 Å². The molecule has 4 heteroatoms. The molecular formula is C14H29NO2S. The number of rotatable bonds is 5. The van der Waals surface area contributed by atoms with Gasteiger partial charge in [0.15, 0.2) is 0 Å². The fraction of sp³-hybridized carbons (Fsp3) is 0.929. The molecule has 2 N–H and O–H groups in total. The summed E-state index contributed by atoms with van der Waals surface area (Å²) >= 11 is 1.75. The highest BCUT2D eigenvalue weighted by atomic mass is 32.2. The Bertz CT molecular complexity index is 266. The second-order valence-electron chi connectivity index (χ2n) is 6.87. The fourth-order valence-electron chi connectivity index (χ4n) is 1.42. The molecule has 0 aliphatic carbocycles. The van der Waals surface area contributed by atoms with E-state index in [2.05, 4.69) is 20.8 Å². The molecule has 0 aromatic heterocycles. The number of hydrogen-bond acceptors (Lipinski definition) is 4. The van der Waals surface area contributed by atoms with Gasteiger partial charge in [0.1, 0.15) is 6.10 Å². The van der Waals surface area contributed by atoms with E-state index in [-0.39, 0.29) is 23.5 Å². The maximum atomic E-state index is 12.0. The van der Waals surface area contributed by atoms with E-state index in [9.17, 15) is 4.79 Å². The van der Waals surface area contributed by atoms with Gasteiger partial charge in [-0.3, -0.25) is 4.79 Å². The van der Waals surface area contributed by atoms with Gasteiger partial charge in [-0.25, -0.2) is 0 Å². The second-order valence-corrected chi connectivity index (χ2v) is 7.85. The van der Waals surface area contributed by atoms with Crippen molar-refractivity contribution in [3.8, 4) is 0 Å². The van der Waals surface area contributed by atoms with E-state index in [1.54, 1.807) is 11.8 Å². The van der Waals surface area contributed by atoms with Crippen molar-refractivity contribution >= 4 is 17.7 Å². The lowest BCUT2D eigenvalue weighted by molar-refractivity contribution is -0.161. The molecule has 18 heavy (non-hydrogen) atoms. The number of carbonyl (C=O) groups excluding carboxylic acids is 1. The molecule has 108 valence electrons. The molecule has 2 atom stereocenters. The average molecular weight is 275 g/mol. The van der Waals surface area contributed by atoms with Gasteiger partial charge in [0.2, 0.25) is 0 Å². The van der Waals surface area contributed by atoms with Gasteiger partial charge in [-0.2, -0.15) is 11.8 Å². The van der Waals surface area contributed by atoms with Crippen LogP contribution in [0.3, 0.4) is 0 Å². The van der Waals surface area contributed by atoms with E-state index < -0.39 is 5.41 Å². The van der Waals surface area contributed by atoms with Crippen LogP contribution in [0.25, 0.3) is 0 Å². The molecule has 0 rings (SSSR count). The molecule has 0 saturated carbocycles. The molecule has 0 aliphatic heterocycles. The van der Waals surface area contributed by atoms with Gasteiger partial charge in [0.25, 0.3) is 0 Å². The molecule has 0 amide bonds. The minimum absolute atomic E-state index is 0.0682. The van der Waals surface area contributed by atoms with Crippen LogP contribution in [0.4, 0.5) is 0 Å². The average Bonchev–Trinajstić information content (AvgIpc) is 2.20. The first kappa shape index (κ1) is 17.8. The first-order chi connectivity index (χ1) is 8.00. The first-order valence-corrected chi connectivity index (χ1v) is 7.85. The number of thioether (sulfide) groups is 1. The molecule has 0 spiro atoms. The highest BCUT2D eigenvalue weighted by Gasteiger charge is 2.34. The van der Waals surface area contributed by atoms with Crippen LogP contribution in [0.2, 0.25) is 0 Å². The van der Waals surface area contributed by atoms with Crippen molar-refractivity contribution in [2.75, 3.05) is 12.0 Å². The maximum Gasteiger partial charge on any atom is 0.311 e. The number of carbonyl (C=O) groups is 1. The van der Waals surface area contributed by atoms with Crippen molar-refractivity contribution < 1.29 is 9.53 Å². The summed E-state index contributed by atoms with van der Waals surface area (Å²) in [5.41, 5.74) is 5.70. The zero-order chi connectivity index (χ0) is 14.6. The lowest BCUT2D eigenvalue weighted by atomic mass is 9.83. The summed E-state index contributed by atoms with van der Waals surface area (Å²) in [6.45, 7) is 11.8. The smallest absolute Gasteiger partial charge is 0.311 e. The number of ether oxygens (including phenoxy) is 1. The normalized spacial score (nSPS) is 16.2. The van der Waals surface area contributed by atoms with Crippen LogP contribution in [0.5, 0.6) is 0 Å². The lowest BCUT2D eigenvalue weighted by Gasteiger charge is -2.35. The van der Waals surface area contributed by atoms with Crippen molar-refractivity contribution in [3.63, 3.8) is 0 Å². The summed E-state index contributed by atoms with van der Waals surface area (Å²) in [5.74, 6) is 0.777. The molecule has 0 aromatic rings. The molecule has 0 fully saturated rings. The van der Waals surface area contributed by atoms with E-state index in [1.807, 2.05) is 27.0 Å². The lowest BCUT2D eigenvalue weighted by Crippen LogP contribution is -2.48. The van der Waals surface area contributed by atoms with Crippen LogP contribution in [0.15, 0.2) is 0 Å². The Hall–Kier alpha value is -0.220. The number of nitrogens with two attached hydrogens (primary N) is 1. The Labute approximate surface area is 116 Å². The summed E-state index contributed by atoms with van der Waals surface area (Å²) in [5, 5.41) is 0. The van der Waals surface area contributed by atoms with Crippen molar-refractivity contribution in [3.05, 3.63) is 0 Å². The van der Waals surface area contributed by atoms with E-state index in [4.69, 9.17) is 10.5 Å². The molecule has 0 aliphatic rings. The van der Waals surface area contributed by atoms with E-state index in [0.29, 0.717) is 0 Å². The highest BCUT2D eigenvalue weighted by molar-refractivity contribution is 7.98. The van der Waals surface area contributed by atoms with Gasteiger partial charge >= 0.3 is 5.97 Å². The monoisotopic (exact) mass is 275 g/mol. The molecule has 0 radical (unpaired) electrons. The summed E-state index contributed by atoms with van der Waals surface area (Å²) < 4.78 is 5.63. The summed E-state index contributed by atoms with van der Waals surface area (Å²) in [7, 11) is 0. The number of esters is 1. The SMILES string of the molecule is CSCCC(OC(=O)C(C)(C)C)C(N)C(C)(C)C. The van der Waals surface area contributed by atoms with E-state index >= 15 is 0 Å². The summed E-state index contributed by atoms with van der Waals surface area (Å²) in [4.78, 5) is 12.0. The van der Waals surface area contributed by atoms with E-state index in [0.717, 1.165) is 12.2 Å². The van der Waals surface area contributed by atoms with Crippen LogP contribution < -0.4 is 5.73 Å². The third-order valence-corrected chi connectivity index (χ3v) is 3.52. The van der Waals surface area contributed by atoms with Crippen molar-refractivity contribution in [2.24, 2.45) is 16.6 Å². The molecule has 0 saturated heterocycles. The van der Waals surface area contributed by atoms with Crippen molar-refractivity contribution in [2.45, 2.75) is 60.1 Å². The van der Waals surface area contributed by atoms with E-state index in [1.165, 1.54) is 0 Å². The standard InChI is InChI=1S/C14H29NO2S/c1-13(2,3)11(15)10(8-9-18-7)17-12(16)14(4,5)6/h10-11H,8-9,15H2,1-7H3. The molecule has 0 aromatic carbocycles. The minimum atomic E-state index is -0.477. The maximum absolute atomic E-state index is 12.0. The minimum Gasteiger partial charge on any atom is -0.460 e. The van der Waals surface area contributed by atoms with Crippen LogP contribution in [0.1, 0.15) is 48.0 Å². The molecular weight excluding hydrogens is 246 g/mol. The van der Waals surface area contributed by atoms with Gasteiger partial charge < -0.3 is 10.5 Å². The summed E-state index contributed by atoms with van der Waals surface area (Å²) in [6, 6.07) is -0.143. The molecule has 2 unspecified atom stereocenters. The molecule has 3 nitrogen and oxygen atoms in total. The Morgan fingerprint density at radius 2 is 1.72 bits per heavy atom. The third kappa shape index (κ3) is 6.10. The zero-order valence-corrected chi connectivity index (χ0v) is 13.7. The first-order valence-electron chi connectivity index (χ1n) is 6.45. The zero-order valence-electron chi connectivity index (χ0n) is 12.9. The summed E-state index contributed by atoms with van der Waals surface area (Å²) in [6.07, 6.45) is 2.65. The quantitative estimate of drug-likeness (QED) is 0.783. The number of hydrogen-bond donors (Lipinski definition) is 1. The Kier molecular flexibility index (Phi) is 6.72. The van der Waals surface area contributed by atoms with Gasteiger partial charge in [-0.1, -0.05) is 20.8 Å². The third-order valence-electron chi connectivity index (χ3n) is 2.88. The van der Waals surface area contributed by atoms with Crippen molar-refractivity contribution in [1.29, 1.82) is 0 Å². The van der Waals surface area contributed by atoms with Crippen LogP contribution in [-0.4, -0.2) is 30.1 Å². The van der Waals surface area contributed by atoms with Crippen molar-refractivity contribution in [1.82, 2.24) is 0 Å². The molecule has 0 bridgehead atoms. The Morgan fingerprint density at radius 3 is 2.06 bits per heavy atom. The van der Waals surface area contributed by atoms with Gasteiger partial charge in [0, 0.05) is 6.04 Å². The fourth-order valence-corrected chi connectivity index (χ4v) is 1.89. The van der Waals surface area contributed by atoms with Gasteiger partial charge in [0.05, 0.1) is 5.41 Å². The Balaban J connectivity index is 4.74. The largest absolute Gasteiger partial charge is 0.460 e.